The Labute approximate surface area is 193 Å². The van der Waals surface area contributed by atoms with E-state index in [9.17, 15) is 0 Å². The zero-order valence-corrected chi connectivity index (χ0v) is 21.5. The molecule has 1 aliphatic heterocycles. The van der Waals surface area contributed by atoms with E-state index in [1.807, 2.05) is 0 Å². The molecule has 3 aliphatic rings. The molecular formula is C23H40Cl2FeN3. The summed E-state index contributed by atoms with van der Waals surface area (Å²) < 4.78 is 0. The predicted octanol–water partition coefficient (Wildman–Crippen LogP) is 7.59. The van der Waals surface area contributed by atoms with E-state index < -0.39 is 0 Å². The number of piperidine rings is 1. The summed E-state index contributed by atoms with van der Waals surface area (Å²) in [5.41, 5.74) is 2.56. The van der Waals surface area contributed by atoms with Gasteiger partial charge in [-0.2, -0.15) is 0 Å². The Hall–Kier alpha value is 0.399. The summed E-state index contributed by atoms with van der Waals surface area (Å²) in [6.07, 6.45) is 11.5. The first kappa shape index (κ1) is 25.7. The van der Waals surface area contributed by atoms with Crippen LogP contribution in [0.25, 0.3) is 5.32 Å². The van der Waals surface area contributed by atoms with Gasteiger partial charge in [0, 0.05) is 6.04 Å². The molecule has 29 heavy (non-hydrogen) atoms. The molecule has 0 aromatic carbocycles. The maximum absolute atomic E-state index is 5.24. The average molecular weight is 485 g/mol. The molecule has 1 saturated heterocycles. The fraction of sp³-hybridized carbons (Fsp3) is 0.913. The first-order valence-electron chi connectivity index (χ1n) is 11.5. The van der Waals surface area contributed by atoms with Gasteiger partial charge in [-0.1, -0.05) is 65.0 Å². The number of aliphatic imine (C=N–C) groups is 2. The number of rotatable bonds is 4. The molecule has 0 spiro atoms. The second kappa shape index (κ2) is 13.1. The molecule has 0 N–H and O–H groups in total. The van der Waals surface area contributed by atoms with Crippen molar-refractivity contribution in [2.45, 2.75) is 117 Å². The van der Waals surface area contributed by atoms with E-state index in [4.69, 9.17) is 35.5 Å². The van der Waals surface area contributed by atoms with Crippen molar-refractivity contribution in [3.8, 4) is 0 Å². The van der Waals surface area contributed by atoms with Gasteiger partial charge in [-0.25, -0.2) is 0 Å². The predicted molar refractivity (Wildman–Crippen MR) is 125 cm³/mol. The van der Waals surface area contributed by atoms with Crippen molar-refractivity contribution in [2.75, 3.05) is 0 Å². The fourth-order valence-corrected chi connectivity index (χ4v) is 5.69. The number of halogens is 2. The topological polar surface area (TPSA) is 38.8 Å². The number of hydrogen-bond donors (Lipinski definition) is 0. The normalized spacial score (nSPS) is 37.2. The molecule has 3 nitrogen and oxygen atoms in total. The molecule has 4 unspecified atom stereocenters. The van der Waals surface area contributed by atoms with Crippen LogP contribution >= 0.6 is 20.2 Å². The van der Waals surface area contributed by atoms with Gasteiger partial charge >= 0.3 is 33.3 Å². The third-order valence-corrected chi connectivity index (χ3v) is 7.06. The summed E-state index contributed by atoms with van der Waals surface area (Å²) in [7, 11) is 9.53. The Kier molecular flexibility index (Phi) is 11.6. The van der Waals surface area contributed by atoms with E-state index in [1.165, 1.54) is 69.2 Å². The monoisotopic (exact) mass is 484 g/mol. The van der Waals surface area contributed by atoms with Crippen LogP contribution in [0.5, 0.6) is 0 Å². The Morgan fingerprint density at radius 1 is 0.793 bits per heavy atom. The minimum absolute atomic E-state index is 0.194. The summed E-state index contributed by atoms with van der Waals surface area (Å²) in [6, 6.07) is 1.73. The van der Waals surface area contributed by atoms with Crippen LogP contribution in [0.4, 0.5) is 0 Å². The van der Waals surface area contributed by atoms with Gasteiger partial charge in [0.2, 0.25) is 0 Å². The van der Waals surface area contributed by atoms with Gasteiger partial charge in [0.1, 0.15) is 0 Å². The van der Waals surface area contributed by atoms with Crippen LogP contribution in [0.15, 0.2) is 9.98 Å². The van der Waals surface area contributed by atoms with Crippen LogP contribution in [0.3, 0.4) is 0 Å². The minimum atomic E-state index is 0.194. The van der Waals surface area contributed by atoms with E-state index in [-0.39, 0.29) is 13.1 Å². The van der Waals surface area contributed by atoms with Crippen molar-refractivity contribution in [3.63, 3.8) is 0 Å². The average Bonchev–Trinajstić information content (AvgIpc) is 3.18. The third-order valence-electron chi connectivity index (χ3n) is 7.06. The Balaban J connectivity index is 0.000000941. The second-order valence-corrected chi connectivity index (χ2v) is 11.5. The van der Waals surface area contributed by atoms with Crippen LogP contribution in [0.2, 0.25) is 0 Å². The van der Waals surface area contributed by atoms with Gasteiger partial charge in [-0.05, 0) is 68.7 Å². The third kappa shape index (κ3) is 8.11. The molecular weight excluding hydrogens is 445 g/mol. The van der Waals surface area contributed by atoms with Crippen molar-refractivity contribution in [1.29, 1.82) is 0 Å². The van der Waals surface area contributed by atoms with Crippen LogP contribution in [0.1, 0.15) is 92.4 Å². The molecule has 3 rings (SSSR count). The molecule has 2 aliphatic carbocycles. The van der Waals surface area contributed by atoms with E-state index in [2.05, 4.69) is 34.6 Å². The second-order valence-electron chi connectivity index (χ2n) is 9.66. The molecule has 3 fully saturated rings. The molecule has 6 heteroatoms. The van der Waals surface area contributed by atoms with Crippen molar-refractivity contribution in [2.24, 2.45) is 27.7 Å². The van der Waals surface area contributed by atoms with Crippen molar-refractivity contribution < 1.29 is 13.1 Å². The number of nitrogens with zero attached hydrogens (tertiary/aromatic N) is 3. The van der Waals surface area contributed by atoms with Crippen molar-refractivity contribution in [1.82, 2.24) is 0 Å². The van der Waals surface area contributed by atoms with Gasteiger partial charge in [0.25, 0.3) is 0 Å². The molecule has 169 valence electrons. The molecule has 4 atom stereocenters. The van der Waals surface area contributed by atoms with Gasteiger partial charge in [0.05, 0.1) is 6.04 Å². The van der Waals surface area contributed by atoms with Crippen LogP contribution < -0.4 is 0 Å². The van der Waals surface area contributed by atoms with Crippen molar-refractivity contribution >= 4 is 31.6 Å². The van der Waals surface area contributed by atoms with E-state index in [0.29, 0.717) is 36.0 Å². The SMILES string of the molecule is CC(=NC1CCCC1)C1CCCC(C(C)=NC2C(C)CC(C)CC2C)[N-]1.[Cl][Fe+][Cl]. The summed E-state index contributed by atoms with van der Waals surface area (Å²) >= 11 is 0.194. The standard InChI is InChI=1S/C23H40N3.2ClH.Fe/c1-15-13-16(2)23(17(3)14-15)25-19(5)22-12-8-11-21(26-22)18(4)24-20-9-6-7-10-20;;;/h15-17,20-23H,6-14H2,1-5H3;2*1H;/q-1;;;+3/p-2. The Bertz CT molecular complexity index is 536. The molecule has 0 aromatic heterocycles. The number of hydrogen-bond acceptors (Lipinski definition) is 2. The van der Waals surface area contributed by atoms with Gasteiger partial charge in [-0.15, -0.1) is 0 Å². The molecule has 1 heterocycles. The van der Waals surface area contributed by atoms with E-state index >= 15 is 0 Å². The molecule has 0 radical (unpaired) electrons. The Morgan fingerprint density at radius 3 is 1.79 bits per heavy atom. The van der Waals surface area contributed by atoms with Crippen molar-refractivity contribution in [3.05, 3.63) is 5.32 Å². The van der Waals surface area contributed by atoms with Crippen LogP contribution in [0, 0.1) is 17.8 Å². The molecule has 0 aromatic rings. The molecule has 0 amide bonds. The Morgan fingerprint density at radius 2 is 1.28 bits per heavy atom. The van der Waals surface area contributed by atoms with Gasteiger partial charge < -0.3 is 5.32 Å². The summed E-state index contributed by atoms with van der Waals surface area (Å²) in [5, 5.41) is 5.19. The van der Waals surface area contributed by atoms with E-state index in [1.54, 1.807) is 0 Å². The quantitative estimate of drug-likeness (QED) is 0.291. The maximum atomic E-state index is 5.24. The molecule has 0 bridgehead atoms. The summed E-state index contributed by atoms with van der Waals surface area (Å²) in [4.78, 5) is 10.3. The zero-order valence-electron chi connectivity index (χ0n) is 18.9. The van der Waals surface area contributed by atoms with Crippen LogP contribution in [-0.2, 0) is 13.1 Å². The van der Waals surface area contributed by atoms with Crippen LogP contribution in [-0.4, -0.2) is 35.6 Å². The molecule has 2 saturated carbocycles. The van der Waals surface area contributed by atoms with Gasteiger partial charge in [0.15, 0.2) is 0 Å². The summed E-state index contributed by atoms with van der Waals surface area (Å²) in [5.74, 6) is 2.26. The first-order chi connectivity index (χ1) is 13.8. The van der Waals surface area contributed by atoms with Gasteiger partial charge in [-0.3, -0.25) is 9.98 Å². The first-order valence-corrected chi connectivity index (χ1v) is 14.5. The summed E-state index contributed by atoms with van der Waals surface area (Å²) in [6.45, 7) is 11.6. The van der Waals surface area contributed by atoms with E-state index in [0.717, 1.165) is 5.92 Å². The zero-order chi connectivity index (χ0) is 21.4. The fourth-order valence-electron chi connectivity index (χ4n) is 5.69.